The Hall–Kier alpha value is -4.05. The SMILES string of the molecule is Cc1cc2c(cc1C)C1(OC(=O)c3ccccc31)c1ccc(Nc3ccccc3)cc1O2. The van der Waals surface area contributed by atoms with E-state index in [-0.39, 0.29) is 5.97 Å². The minimum absolute atomic E-state index is 0.316. The molecule has 0 amide bonds. The summed E-state index contributed by atoms with van der Waals surface area (Å²) in [5, 5.41) is 3.42. The summed E-state index contributed by atoms with van der Waals surface area (Å²) in [6.07, 6.45) is 0. The van der Waals surface area contributed by atoms with Crippen LogP contribution in [-0.4, -0.2) is 5.97 Å². The van der Waals surface area contributed by atoms with Crippen LogP contribution in [0.15, 0.2) is 84.9 Å². The molecular formula is C28H21NO3. The minimum Gasteiger partial charge on any atom is -0.456 e. The molecule has 2 aliphatic rings. The average molecular weight is 419 g/mol. The zero-order valence-electron chi connectivity index (χ0n) is 17.8. The summed E-state index contributed by atoms with van der Waals surface area (Å²) in [6.45, 7) is 4.12. The number of rotatable bonds is 2. The molecule has 156 valence electrons. The van der Waals surface area contributed by atoms with Gasteiger partial charge in [-0.05, 0) is 67.4 Å². The highest BCUT2D eigenvalue weighted by Gasteiger charge is 2.53. The summed E-state index contributed by atoms with van der Waals surface area (Å²) in [7, 11) is 0. The number of hydrogen-bond acceptors (Lipinski definition) is 4. The van der Waals surface area contributed by atoms with Crippen LogP contribution in [0, 0.1) is 13.8 Å². The van der Waals surface area contributed by atoms with Gasteiger partial charge in [-0.25, -0.2) is 4.79 Å². The molecule has 32 heavy (non-hydrogen) atoms. The summed E-state index contributed by atoms with van der Waals surface area (Å²) in [4.78, 5) is 12.9. The summed E-state index contributed by atoms with van der Waals surface area (Å²) in [5.41, 5.74) is 6.23. The van der Waals surface area contributed by atoms with E-state index in [1.807, 2.05) is 78.9 Å². The topological polar surface area (TPSA) is 47.6 Å². The van der Waals surface area contributed by atoms with Crippen molar-refractivity contribution in [2.75, 3.05) is 5.32 Å². The zero-order chi connectivity index (χ0) is 21.9. The maximum absolute atomic E-state index is 12.9. The molecule has 6 rings (SSSR count). The number of aryl methyl sites for hydroxylation is 2. The van der Waals surface area contributed by atoms with E-state index in [9.17, 15) is 4.79 Å². The molecule has 1 N–H and O–H groups in total. The third-order valence-electron chi connectivity index (χ3n) is 6.39. The lowest BCUT2D eigenvalue weighted by molar-refractivity contribution is 0.0224. The van der Waals surface area contributed by atoms with Crippen LogP contribution in [0.1, 0.15) is 38.2 Å². The third kappa shape index (κ3) is 2.59. The van der Waals surface area contributed by atoms with E-state index in [1.54, 1.807) is 0 Å². The van der Waals surface area contributed by atoms with Crippen LogP contribution in [0.3, 0.4) is 0 Å². The van der Waals surface area contributed by atoms with Gasteiger partial charge in [-0.3, -0.25) is 0 Å². The molecule has 4 aromatic rings. The molecule has 1 atom stereocenters. The van der Waals surface area contributed by atoms with Crippen molar-refractivity contribution < 1.29 is 14.3 Å². The Morgan fingerprint density at radius 3 is 2.25 bits per heavy atom. The van der Waals surface area contributed by atoms with Gasteiger partial charge >= 0.3 is 5.97 Å². The molecule has 0 radical (unpaired) electrons. The number of hydrogen-bond donors (Lipinski definition) is 1. The second kappa shape index (κ2) is 6.72. The summed E-state index contributed by atoms with van der Waals surface area (Å²) >= 11 is 0. The Balaban J connectivity index is 1.58. The molecule has 4 aromatic carbocycles. The van der Waals surface area contributed by atoms with Gasteiger partial charge in [0.15, 0.2) is 5.60 Å². The van der Waals surface area contributed by atoms with E-state index in [0.717, 1.165) is 39.2 Å². The summed E-state index contributed by atoms with van der Waals surface area (Å²) in [5.74, 6) is 1.07. The van der Waals surface area contributed by atoms with E-state index >= 15 is 0 Å². The summed E-state index contributed by atoms with van der Waals surface area (Å²) in [6, 6.07) is 27.7. The van der Waals surface area contributed by atoms with Crippen molar-refractivity contribution >= 4 is 17.3 Å². The highest BCUT2D eigenvalue weighted by Crippen LogP contribution is 2.56. The van der Waals surface area contributed by atoms with Crippen LogP contribution in [0.4, 0.5) is 11.4 Å². The maximum Gasteiger partial charge on any atom is 0.340 e. The van der Waals surface area contributed by atoms with Crippen LogP contribution in [0.25, 0.3) is 0 Å². The molecule has 4 heteroatoms. The van der Waals surface area contributed by atoms with Gasteiger partial charge in [0.05, 0.1) is 5.56 Å². The monoisotopic (exact) mass is 419 g/mol. The van der Waals surface area contributed by atoms with Gasteiger partial charge in [0.1, 0.15) is 11.5 Å². The number of benzene rings is 4. The molecule has 4 nitrogen and oxygen atoms in total. The molecule has 1 spiro atoms. The normalized spacial score (nSPS) is 17.8. The molecule has 1 unspecified atom stereocenters. The standard InChI is InChI=1S/C28H21NO3/c1-17-14-24-25(15-18(17)2)31-26-16-20(29-19-8-4-3-5-9-19)12-13-23(26)28(24)22-11-7-6-10-21(22)27(30)32-28/h3-16,29H,1-2H3. The summed E-state index contributed by atoms with van der Waals surface area (Å²) < 4.78 is 12.6. The van der Waals surface area contributed by atoms with Crippen LogP contribution >= 0.6 is 0 Å². The molecule has 0 saturated carbocycles. The molecule has 0 aromatic heterocycles. The number of para-hydroxylation sites is 1. The molecule has 0 fully saturated rings. The van der Waals surface area contributed by atoms with Crippen molar-refractivity contribution in [2.24, 2.45) is 0 Å². The Morgan fingerprint density at radius 2 is 1.41 bits per heavy atom. The molecule has 0 bridgehead atoms. The van der Waals surface area contributed by atoms with E-state index in [4.69, 9.17) is 9.47 Å². The lowest BCUT2D eigenvalue weighted by Gasteiger charge is -2.37. The molecule has 0 saturated heterocycles. The van der Waals surface area contributed by atoms with Crippen LogP contribution in [-0.2, 0) is 10.3 Å². The first-order chi connectivity index (χ1) is 15.6. The smallest absolute Gasteiger partial charge is 0.340 e. The van der Waals surface area contributed by atoms with Crippen LogP contribution in [0.2, 0.25) is 0 Å². The predicted octanol–water partition coefficient (Wildman–Crippen LogP) is 6.62. The largest absolute Gasteiger partial charge is 0.456 e. The van der Waals surface area contributed by atoms with Gasteiger partial charge in [0.2, 0.25) is 0 Å². The molecule has 2 heterocycles. The Kier molecular flexibility index (Phi) is 3.93. The first-order valence-electron chi connectivity index (χ1n) is 10.7. The number of nitrogens with one attached hydrogen (secondary N) is 1. The predicted molar refractivity (Wildman–Crippen MR) is 124 cm³/mol. The van der Waals surface area contributed by atoms with Crippen molar-refractivity contribution in [3.05, 3.63) is 118 Å². The van der Waals surface area contributed by atoms with Gasteiger partial charge in [-0.2, -0.15) is 0 Å². The molecule has 2 aliphatic heterocycles. The Labute approximate surface area is 186 Å². The highest BCUT2D eigenvalue weighted by atomic mass is 16.6. The van der Waals surface area contributed by atoms with Gasteiger partial charge < -0.3 is 14.8 Å². The number of ether oxygens (including phenoxy) is 2. The van der Waals surface area contributed by atoms with Gasteiger partial charge in [0, 0.05) is 34.1 Å². The quantitative estimate of drug-likeness (QED) is 0.371. The van der Waals surface area contributed by atoms with Crippen molar-refractivity contribution in [3.63, 3.8) is 0 Å². The van der Waals surface area contributed by atoms with E-state index in [2.05, 4.69) is 25.2 Å². The maximum atomic E-state index is 12.9. The van der Waals surface area contributed by atoms with Gasteiger partial charge in [-0.15, -0.1) is 0 Å². The number of esters is 1. The number of carbonyl (C=O) groups is 1. The average Bonchev–Trinajstić information content (AvgIpc) is 3.09. The molecule has 0 aliphatic carbocycles. The minimum atomic E-state index is -1.03. The second-order valence-corrected chi connectivity index (χ2v) is 8.35. The fourth-order valence-corrected chi connectivity index (χ4v) is 4.69. The first kappa shape index (κ1) is 18.7. The molecular weight excluding hydrogens is 398 g/mol. The van der Waals surface area contributed by atoms with Gasteiger partial charge in [-0.1, -0.05) is 36.4 Å². The second-order valence-electron chi connectivity index (χ2n) is 8.35. The van der Waals surface area contributed by atoms with E-state index in [0.29, 0.717) is 17.1 Å². The van der Waals surface area contributed by atoms with Crippen molar-refractivity contribution in [2.45, 2.75) is 19.4 Å². The lowest BCUT2D eigenvalue weighted by atomic mass is 9.77. The van der Waals surface area contributed by atoms with Crippen molar-refractivity contribution in [1.82, 2.24) is 0 Å². The Morgan fingerprint density at radius 1 is 0.688 bits per heavy atom. The number of anilines is 2. The number of fused-ring (bicyclic) bond motifs is 6. The van der Waals surface area contributed by atoms with Crippen LogP contribution in [0.5, 0.6) is 11.5 Å². The third-order valence-corrected chi connectivity index (χ3v) is 6.39. The van der Waals surface area contributed by atoms with E-state index < -0.39 is 5.60 Å². The Bertz CT molecular complexity index is 1390. The fraction of sp³-hybridized carbons (Fsp3) is 0.107. The van der Waals surface area contributed by atoms with Gasteiger partial charge in [0.25, 0.3) is 0 Å². The highest BCUT2D eigenvalue weighted by molar-refractivity contribution is 5.97. The van der Waals surface area contributed by atoms with Crippen molar-refractivity contribution in [1.29, 1.82) is 0 Å². The van der Waals surface area contributed by atoms with Crippen molar-refractivity contribution in [3.8, 4) is 11.5 Å². The first-order valence-corrected chi connectivity index (χ1v) is 10.7. The number of carbonyl (C=O) groups excluding carboxylic acids is 1. The zero-order valence-corrected chi connectivity index (χ0v) is 17.8. The lowest BCUT2D eigenvalue weighted by Crippen LogP contribution is -2.33. The van der Waals surface area contributed by atoms with E-state index in [1.165, 1.54) is 0 Å². The van der Waals surface area contributed by atoms with Crippen LogP contribution < -0.4 is 10.1 Å². The fourth-order valence-electron chi connectivity index (χ4n) is 4.69.